The molecule has 1 heterocycles. The molecule has 0 bridgehead atoms. The van der Waals surface area contributed by atoms with Crippen LogP contribution in [-0.2, 0) is 11.8 Å². The molecule has 0 saturated heterocycles. The fraction of sp³-hybridized carbons (Fsp3) is 0.308. The summed E-state index contributed by atoms with van der Waals surface area (Å²) in [5, 5.41) is 17.5. The van der Waals surface area contributed by atoms with Crippen molar-refractivity contribution in [2.75, 3.05) is 5.75 Å². The van der Waals surface area contributed by atoms with Gasteiger partial charge < -0.3 is 9.67 Å². The second-order valence-corrected chi connectivity index (χ2v) is 5.16. The molecule has 0 radical (unpaired) electrons. The fourth-order valence-corrected chi connectivity index (χ4v) is 2.48. The maximum Gasteiger partial charge on any atom is 0.313 e. The van der Waals surface area contributed by atoms with Crippen LogP contribution in [0, 0.1) is 0 Å². The predicted octanol–water partition coefficient (Wildman–Crippen LogP) is 2.14. The molecular formula is C13H15N3O2S. The van der Waals surface area contributed by atoms with E-state index in [4.69, 9.17) is 5.11 Å². The van der Waals surface area contributed by atoms with Gasteiger partial charge in [0.15, 0.2) is 5.16 Å². The third kappa shape index (κ3) is 3.14. The van der Waals surface area contributed by atoms with E-state index >= 15 is 0 Å². The lowest BCUT2D eigenvalue weighted by atomic mass is 10.0. The average molecular weight is 277 g/mol. The third-order valence-corrected chi connectivity index (χ3v) is 3.89. The predicted molar refractivity (Wildman–Crippen MR) is 73.3 cm³/mol. The molecule has 2 aromatic rings. The molecule has 1 aromatic heterocycles. The van der Waals surface area contributed by atoms with Crippen molar-refractivity contribution in [3.8, 4) is 0 Å². The maximum atomic E-state index is 10.6. The van der Waals surface area contributed by atoms with Gasteiger partial charge in [-0.15, -0.1) is 10.2 Å². The van der Waals surface area contributed by atoms with Crippen molar-refractivity contribution in [2.45, 2.75) is 18.0 Å². The van der Waals surface area contributed by atoms with E-state index < -0.39 is 5.97 Å². The molecule has 0 fully saturated rings. The largest absolute Gasteiger partial charge is 0.481 e. The molecule has 0 aliphatic heterocycles. The highest BCUT2D eigenvalue weighted by molar-refractivity contribution is 7.99. The van der Waals surface area contributed by atoms with Crippen LogP contribution in [0.15, 0.2) is 35.5 Å². The number of hydrogen-bond donors (Lipinski definition) is 1. The molecule has 2 rings (SSSR count). The molecule has 0 amide bonds. The minimum Gasteiger partial charge on any atom is -0.481 e. The van der Waals surface area contributed by atoms with Crippen LogP contribution in [0.25, 0.3) is 0 Å². The van der Waals surface area contributed by atoms with Crippen molar-refractivity contribution in [1.29, 1.82) is 0 Å². The first-order valence-electron chi connectivity index (χ1n) is 5.88. The number of benzene rings is 1. The molecular weight excluding hydrogens is 262 g/mol. The Kier molecular flexibility index (Phi) is 4.21. The van der Waals surface area contributed by atoms with Crippen molar-refractivity contribution >= 4 is 17.7 Å². The third-order valence-electron chi connectivity index (χ3n) is 2.88. The Balaban J connectivity index is 2.20. The van der Waals surface area contributed by atoms with Crippen molar-refractivity contribution in [2.24, 2.45) is 7.05 Å². The number of carboxylic acid groups (broad SMARTS) is 1. The number of carbonyl (C=O) groups is 1. The van der Waals surface area contributed by atoms with Crippen LogP contribution in [0.4, 0.5) is 0 Å². The van der Waals surface area contributed by atoms with Gasteiger partial charge in [-0.25, -0.2) is 0 Å². The molecule has 5 nitrogen and oxygen atoms in total. The van der Waals surface area contributed by atoms with E-state index in [-0.39, 0.29) is 11.7 Å². The number of aliphatic carboxylic acids is 1. The standard InChI is InChI=1S/C13H15N3O2S/c1-9(10-6-4-3-5-7-10)12-14-15-13(16(12)2)19-8-11(17)18/h3-7,9H,8H2,1-2H3,(H,17,18). The van der Waals surface area contributed by atoms with Crippen molar-refractivity contribution in [3.63, 3.8) is 0 Å². The first kappa shape index (κ1) is 13.6. The quantitative estimate of drug-likeness (QED) is 0.848. The van der Waals surface area contributed by atoms with Crippen LogP contribution in [-0.4, -0.2) is 31.6 Å². The van der Waals surface area contributed by atoms with Crippen molar-refractivity contribution < 1.29 is 9.90 Å². The number of rotatable bonds is 5. The highest BCUT2D eigenvalue weighted by Crippen LogP contribution is 2.25. The van der Waals surface area contributed by atoms with Gasteiger partial charge >= 0.3 is 5.97 Å². The molecule has 0 aliphatic rings. The zero-order chi connectivity index (χ0) is 13.8. The average Bonchev–Trinajstić information content (AvgIpc) is 2.78. The summed E-state index contributed by atoms with van der Waals surface area (Å²) in [6.07, 6.45) is 0. The van der Waals surface area contributed by atoms with Crippen LogP contribution < -0.4 is 0 Å². The van der Waals surface area contributed by atoms with Crippen molar-refractivity contribution in [3.05, 3.63) is 41.7 Å². The van der Waals surface area contributed by atoms with Crippen LogP contribution in [0.5, 0.6) is 0 Å². The summed E-state index contributed by atoms with van der Waals surface area (Å²) in [5.41, 5.74) is 1.16. The second-order valence-electron chi connectivity index (χ2n) is 4.21. The van der Waals surface area contributed by atoms with Gasteiger partial charge in [-0.2, -0.15) is 0 Å². The lowest BCUT2D eigenvalue weighted by Gasteiger charge is -2.11. The van der Waals surface area contributed by atoms with E-state index in [1.54, 1.807) is 0 Å². The van der Waals surface area contributed by atoms with Gasteiger partial charge in [0.05, 0.1) is 5.75 Å². The lowest BCUT2D eigenvalue weighted by molar-refractivity contribution is -0.133. The summed E-state index contributed by atoms with van der Waals surface area (Å²) >= 11 is 1.18. The maximum absolute atomic E-state index is 10.6. The van der Waals surface area contributed by atoms with Gasteiger partial charge in [-0.05, 0) is 5.56 Å². The van der Waals surface area contributed by atoms with Crippen molar-refractivity contribution in [1.82, 2.24) is 14.8 Å². The Labute approximate surface area is 115 Å². The summed E-state index contributed by atoms with van der Waals surface area (Å²) in [6, 6.07) is 10.0. The lowest BCUT2D eigenvalue weighted by Crippen LogP contribution is -2.06. The number of carboxylic acids is 1. The van der Waals surface area contributed by atoms with E-state index in [1.165, 1.54) is 11.8 Å². The highest BCUT2D eigenvalue weighted by atomic mass is 32.2. The molecule has 0 saturated carbocycles. The Bertz CT molecular complexity index is 569. The normalized spacial score (nSPS) is 12.3. The summed E-state index contributed by atoms with van der Waals surface area (Å²) in [7, 11) is 1.86. The van der Waals surface area contributed by atoms with Crippen LogP contribution in [0.3, 0.4) is 0 Å². The monoisotopic (exact) mass is 277 g/mol. The van der Waals surface area contributed by atoms with E-state index in [2.05, 4.69) is 17.1 Å². The molecule has 6 heteroatoms. The number of hydrogen-bond acceptors (Lipinski definition) is 4. The van der Waals surface area contributed by atoms with E-state index in [9.17, 15) is 4.79 Å². The minimum atomic E-state index is -0.856. The summed E-state index contributed by atoms with van der Waals surface area (Å²) in [6.45, 7) is 2.06. The molecule has 1 aromatic carbocycles. The van der Waals surface area contributed by atoms with E-state index in [0.29, 0.717) is 5.16 Å². The van der Waals surface area contributed by atoms with Gasteiger partial charge in [0, 0.05) is 13.0 Å². The second kappa shape index (κ2) is 5.88. The molecule has 100 valence electrons. The molecule has 19 heavy (non-hydrogen) atoms. The van der Waals surface area contributed by atoms with Gasteiger partial charge in [-0.1, -0.05) is 49.0 Å². The summed E-state index contributed by atoms with van der Waals surface area (Å²) < 4.78 is 1.85. The number of aromatic nitrogens is 3. The first-order chi connectivity index (χ1) is 9.09. The highest BCUT2D eigenvalue weighted by Gasteiger charge is 2.17. The Hall–Kier alpha value is -1.82. The smallest absolute Gasteiger partial charge is 0.313 e. The van der Waals surface area contributed by atoms with Crippen LogP contribution in [0.1, 0.15) is 24.2 Å². The van der Waals surface area contributed by atoms with E-state index in [1.807, 2.05) is 41.9 Å². The SMILES string of the molecule is CC(c1ccccc1)c1nnc(SCC(=O)O)n1C. The summed E-state index contributed by atoms with van der Waals surface area (Å²) in [4.78, 5) is 10.6. The molecule has 1 unspecified atom stereocenters. The molecule has 0 spiro atoms. The Morgan fingerprint density at radius 2 is 2.05 bits per heavy atom. The van der Waals surface area contributed by atoms with E-state index in [0.717, 1.165) is 11.4 Å². The minimum absolute atomic E-state index is 0.00824. The first-order valence-corrected chi connectivity index (χ1v) is 6.87. The van der Waals surface area contributed by atoms with Gasteiger partial charge in [0.25, 0.3) is 0 Å². The molecule has 0 aliphatic carbocycles. The summed E-state index contributed by atoms with van der Waals surface area (Å²) in [5.74, 6) is 0.0914. The zero-order valence-corrected chi connectivity index (χ0v) is 11.6. The number of thioether (sulfide) groups is 1. The number of nitrogens with zero attached hydrogens (tertiary/aromatic N) is 3. The molecule has 1 atom stereocenters. The van der Waals surface area contributed by atoms with Gasteiger partial charge in [0.1, 0.15) is 5.82 Å². The van der Waals surface area contributed by atoms with Crippen LogP contribution >= 0.6 is 11.8 Å². The topological polar surface area (TPSA) is 68.0 Å². The zero-order valence-electron chi connectivity index (χ0n) is 10.8. The fourth-order valence-electron chi connectivity index (χ4n) is 1.85. The van der Waals surface area contributed by atoms with Gasteiger partial charge in [-0.3, -0.25) is 4.79 Å². The molecule has 1 N–H and O–H groups in total. The Morgan fingerprint density at radius 1 is 1.37 bits per heavy atom. The Morgan fingerprint density at radius 3 is 2.68 bits per heavy atom. The van der Waals surface area contributed by atoms with Crippen LogP contribution in [0.2, 0.25) is 0 Å². The van der Waals surface area contributed by atoms with Gasteiger partial charge in [0.2, 0.25) is 0 Å².